The molecule has 0 aromatic heterocycles. The predicted octanol–water partition coefficient (Wildman–Crippen LogP) is 4.75. The molecule has 0 saturated heterocycles. The summed E-state index contributed by atoms with van der Waals surface area (Å²) in [7, 11) is -2.46. The molecule has 0 aliphatic carbocycles. The largest absolute Gasteiger partial charge is 0.329 e. The fourth-order valence-corrected chi connectivity index (χ4v) is 4.65. The lowest BCUT2D eigenvalue weighted by Gasteiger charge is -2.23. The zero-order chi connectivity index (χ0) is 20.8. The maximum atomic E-state index is 16.8. The number of hydrogen-bond acceptors (Lipinski definition) is 2. The minimum atomic E-state index is -4.09. The number of sulfonamides is 1. The summed E-state index contributed by atoms with van der Waals surface area (Å²) in [6, 6.07) is 20.3. The average molecular weight is 408 g/mol. The molecule has 1 aliphatic rings. The smallest absolute Gasteiger partial charge is 0.284 e. The van der Waals surface area contributed by atoms with Crippen LogP contribution in [-0.2, 0) is 15.7 Å². The van der Waals surface area contributed by atoms with Gasteiger partial charge in [0.25, 0.3) is 10.0 Å². The van der Waals surface area contributed by atoms with Crippen LogP contribution >= 0.6 is 0 Å². The lowest BCUT2D eigenvalue weighted by atomic mass is 9.88. The first-order valence-corrected chi connectivity index (χ1v) is 10.7. The SMILES string of the molecule is Cc1ccc([C@]2(F)/C(=N\S(=O)(=O)c3ccc(C)cc3)N(C)c3ccccc32)cc1. The van der Waals surface area contributed by atoms with E-state index in [-0.39, 0.29) is 10.7 Å². The maximum absolute atomic E-state index is 16.8. The minimum Gasteiger partial charge on any atom is -0.329 e. The van der Waals surface area contributed by atoms with Crippen molar-refractivity contribution < 1.29 is 12.8 Å². The van der Waals surface area contributed by atoms with Gasteiger partial charge in [-0.3, -0.25) is 0 Å². The van der Waals surface area contributed by atoms with Gasteiger partial charge in [-0.2, -0.15) is 8.42 Å². The van der Waals surface area contributed by atoms with Gasteiger partial charge in [-0.05, 0) is 32.0 Å². The molecule has 3 aromatic carbocycles. The number of para-hydroxylation sites is 1. The number of benzene rings is 3. The van der Waals surface area contributed by atoms with Crippen LogP contribution in [0.2, 0.25) is 0 Å². The molecule has 0 unspecified atom stereocenters. The second-order valence-electron chi connectivity index (χ2n) is 7.30. The van der Waals surface area contributed by atoms with E-state index in [9.17, 15) is 8.42 Å². The Bertz CT molecular complexity index is 1200. The minimum absolute atomic E-state index is 0.0335. The van der Waals surface area contributed by atoms with E-state index in [1.54, 1.807) is 55.6 Å². The highest BCUT2D eigenvalue weighted by molar-refractivity contribution is 7.90. The van der Waals surface area contributed by atoms with Crippen molar-refractivity contribution in [1.29, 1.82) is 0 Å². The number of halogens is 1. The number of nitrogens with zero attached hydrogens (tertiary/aromatic N) is 2. The van der Waals surface area contributed by atoms with Crippen LogP contribution in [0.1, 0.15) is 22.3 Å². The molecule has 4 nitrogen and oxygen atoms in total. The van der Waals surface area contributed by atoms with Gasteiger partial charge < -0.3 is 4.90 Å². The molecule has 3 aromatic rings. The van der Waals surface area contributed by atoms with Crippen LogP contribution < -0.4 is 4.90 Å². The molecular formula is C23H21FN2O2S. The van der Waals surface area contributed by atoms with E-state index >= 15 is 4.39 Å². The second-order valence-corrected chi connectivity index (χ2v) is 8.91. The van der Waals surface area contributed by atoms with Gasteiger partial charge in [-0.1, -0.05) is 65.7 Å². The van der Waals surface area contributed by atoms with Crippen LogP contribution in [0, 0.1) is 13.8 Å². The molecule has 0 radical (unpaired) electrons. The van der Waals surface area contributed by atoms with E-state index in [0.29, 0.717) is 16.8 Å². The highest BCUT2D eigenvalue weighted by Gasteiger charge is 2.50. The van der Waals surface area contributed by atoms with Gasteiger partial charge in [-0.15, -0.1) is 4.40 Å². The van der Waals surface area contributed by atoms with Crippen LogP contribution in [0.5, 0.6) is 0 Å². The summed E-state index contributed by atoms with van der Waals surface area (Å²) >= 11 is 0. The number of likely N-dealkylation sites (N-methyl/N-ethyl adjacent to an activating group) is 1. The number of hydrogen-bond donors (Lipinski definition) is 0. The number of alkyl halides is 1. The number of fused-ring (bicyclic) bond motifs is 1. The summed E-state index contributed by atoms with van der Waals surface area (Å²) in [6.45, 7) is 3.79. The van der Waals surface area contributed by atoms with Crippen LogP contribution in [0.4, 0.5) is 10.1 Å². The first-order valence-electron chi connectivity index (χ1n) is 9.25. The van der Waals surface area contributed by atoms with Crippen molar-refractivity contribution in [2.45, 2.75) is 24.4 Å². The molecule has 0 amide bonds. The molecule has 6 heteroatoms. The fraction of sp³-hybridized carbons (Fsp3) is 0.174. The summed E-state index contributed by atoms with van der Waals surface area (Å²) in [4.78, 5) is 1.55. The van der Waals surface area contributed by atoms with Crippen molar-refractivity contribution in [1.82, 2.24) is 0 Å². The molecule has 1 atom stereocenters. The van der Waals surface area contributed by atoms with Gasteiger partial charge in [0.2, 0.25) is 5.67 Å². The van der Waals surface area contributed by atoms with Crippen molar-refractivity contribution in [2.24, 2.45) is 4.40 Å². The standard InChI is InChI=1S/C23H21FN2O2S/c1-16-8-12-18(13-9-16)23(24)20-6-4-5-7-21(20)26(3)22(23)25-29(27,28)19-14-10-17(2)11-15-19/h4-15H,1-3H3/b25-22+/t23-/m1/s1. The Labute approximate surface area is 170 Å². The molecule has 4 rings (SSSR count). The van der Waals surface area contributed by atoms with Crippen molar-refractivity contribution in [3.63, 3.8) is 0 Å². The number of anilines is 1. The number of rotatable bonds is 3. The first kappa shape index (κ1) is 19.3. The molecule has 0 saturated carbocycles. The van der Waals surface area contributed by atoms with Gasteiger partial charge in [0.1, 0.15) is 0 Å². The van der Waals surface area contributed by atoms with Crippen molar-refractivity contribution >= 4 is 21.5 Å². The summed E-state index contributed by atoms with van der Waals surface area (Å²) in [5.74, 6) is -0.164. The van der Waals surface area contributed by atoms with Gasteiger partial charge >= 0.3 is 0 Å². The third kappa shape index (κ3) is 3.13. The van der Waals surface area contributed by atoms with Crippen molar-refractivity contribution in [3.05, 3.63) is 95.1 Å². The molecule has 1 heterocycles. The van der Waals surface area contributed by atoms with Crippen LogP contribution in [0.25, 0.3) is 0 Å². The van der Waals surface area contributed by atoms with E-state index < -0.39 is 15.7 Å². The van der Waals surface area contributed by atoms with Crippen LogP contribution in [0.3, 0.4) is 0 Å². The Kier molecular flexibility index (Phi) is 4.54. The molecule has 29 heavy (non-hydrogen) atoms. The summed E-state index contributed by atoms with van der Waals surface area (Å²) in [6.07, 6.45) is 0. The van der Waals surface area contributed by atoms with Gasteiger partial charge in [0, 0.05) is 23.9 Å². The highest BCUT2D eigenvalue weighted by Crippen LogP contribution is 2.47. The van der Waals surface area contributed by atoms with Gasteiger partial charge in [0.15, 0.2) is 5.84 Å². The summed E-state index contributed by atoms with van der Waals surface area (Å²) in [5, 5.41) is 0. The molecule has 148 valence electrons. The number of aryl methyl sites for hydroxylation is 2. The average Bonchev–Trinajstić information content (AvgIpc) is 2.92. The van der Waals surface area contributed by atoms with Crippen LogP contribution in [-0.4, -0.2) is 21.3 Å². The topological polar surface area (TPSA) is 49.7 Å². The fourth-order valence-electron chi connectivity index (χ4n) is 3.59. The molecule has 0 N–H and O–H groups in total. The second kappa shape index (κ2) is 6.81. The van der Waals surface area contributed by atoms with Gasteiger partial charge in [-0.25, -0.2) is 4.39 Å². The summed E-state index contributed by atoms with van der Waals surface area (Å²) < 4.78 is 46.7. The Hall–Kier alpha value is -2.99. The molecular weight excluding hydrogens is 387 g/mol. The molecule has 0 bridgehead atoms. The van der Waals surface area contributed by atoms with E-state index in [1.165, 1.54) is 17.0 Å². The zero-order valence-electron chi connectivity index (χ0n) is 16.4. The van der Waals surface area contributed by atoms with Gasteiger partial charge in [0.05, 0.1) is 4.90 Å². The molecule has 0 spiro atoms. The Morgan fingerprint density at radius 2 is 1.41 bits per heavy atom. The normalized spacial score (nSPS) is 20.1. The lowest BCUT2D eigenvalue weighted by molar-refractivity contribution is 0.326. The van der Waals surface area contributed by atoms with Crippen molar-refractivity contribution in [3.8, 4) is 0 Å². The Morgan fingerprint density at radius 3 is 2.03 bits per heavy atom. The van der Waals surface area contributed by atoms with Crippen molar-refractivity contribution in [2.75, 3.05) is 11.9 Å². The van der Waals surface area contributed by atoms with Crippen LogP contribution in [0.15, 0.2) is 82.1 Å². The Morgan fingerprint density at radius 1 is 0.862 bits per heavy atom. The lowest BCUT2D eigenvalue weighted by Crippen LogP contribution is -2.37. The monoisotopic (exact) mass is 408 g/mol. The quantitative estimate of drug-likeness (QED) is 0.628. The highest BCUT2D eigenvalue weighted by atomic mass is 32.2. The molecule has 0 fully saturated rings. The first-order chi connectivity index (χ1) is 13.7. The summed E-state index contributed by atoms with van der Waals surface area (Å²) in [5.41, 5.74) is 1.07. The van der Waals surface area contributed by atoms with E-state index in [0.717, 1.165) is 11.1 Å². The van der Waals surface area contributed by atoms with E-state index in [2.05, 4.69) is 4.40 Å². The Balaban J connectivity index is 1.94. The zero-order valence-corrected chi connectivity index (χ0v) is 17.2. The molecule has 1 aliphatic heterocycles. The third-order valence-corrected chi connectivity index (χ3v) is 6.52. The van der Waals surface area contributed by atoms with E-state index in [1.807, 2.05) is 26.0 Å². The maximum Gasteiger partial charge on any atom is 0.284 e. The third-order valence-electron chi connectivity index (χ3n) is 5.24. The van der Waals surface area contributed by atoms with E-state index in [4.69, 9.17) is 0 Å². The predicted molar refractivity (Wildman–Crippen MR) is 114 cm³/mol. The number of amidine groups is 1.